The molecule has 13 heteroatoms. The van der Waals surface area contributed by atoms with Gasteiger partial charge < -0.3 is 19.9 Å². The fourth-order valence-electron chi connectivity index (χ4n) is 6.17. The molecule has 1 fully saturated rings. The van der Waals surface area contributed by atoms with Crippen molar-refractivity contribution in [3.8, 4) is 0 Å². The number of methoxy groups -OCH3 is 1. The molecule has 0 aliphatic carbocycles. The molecule has 0 spiro atoms. The third kappa shape index (κ3) is 7.72. The number of halogens is 1. The first kappa shape index (κ1) is 35.4. The van der Waals surface area contributed by atoms with E-state index in [4.69, 9.17) is 14.7 Å². The predicted octanol–water partition coefficient (Wildman–Crippen LogP) is 5.34. The molecule has 1 saturated heterocycles. The summed E-state index contributed by atoms with van der Waals surface area (Å²) in [5.74, 6) is 0.461. The van der Waals surface area contributed by atoms with Crippen LogP contribution in [0.2, 0.25) is 0 Å². The van der Waals surface area contributed by atoms with E-state index in [0.29, 0.717) is 30.7 Å². The standard InChI is InChI=1S/C33H45N7O4S.ClH/c1-32(2,3)27-14-12-24-30(36-27)40-21-22(20-33(40,4)5)11-13-25(26-19-23(15-16-34-26)39(6)17-18-44-7)35-28-9-8-10-29(37-28)45(42,43)38-31(24)41;/h8-10,12,14-16,19,22,25H,11,13,17-18,20-21H2,1-7H3,(H,35,37)(H,38,41);1H/t22-,25?;/m0./s1. The minimum Gasteiger partial charge on any atom is -0.383 e. The van der Waals surface area contributed by atoms with Crippen molar-refractivity contribution in [2.75, 3.05) is 49.0 Å². The second kappa shape index (κ2) is 13.7. The molecular weight excluding hydrogens is 626 g/mol. The van der Waals surface area contributed by atoms with Crippen LogP contribution in [-0.4, -0.2) is 68.7 Å². The second-order valence-electron chi connectivity index (χ2n) is 13.7. The van der Waals surface area contributed by atoms with Crippen LogP contribution in [0.15, 0.2) is 53.7 Å². The van der Waals surface area contributed by atoms with Crippen LogP contribution in [0.3, 0.4) is 0 Å². The van der Waals surface area contributed by atoms with E-state index >= 15 is 0 Å². The normalized spacial score (nSPS) is 20.7. The number of likely N-dealkylation sites (N-methyl/N-ethyl adjacent to an activating group) is 1. The van der Waals surface area contributed by atoms with Crippen molar-refractivity contribution in [1.82, 2.24) is 19.7 Å². The molecule has 2 atom stereocenters. The molecule has 5 rings (SSSR count). The molecule has 5 heterocycles. The van der Waals surface area contributed by atoms with Gasteiger partial charge in [0.05, 0.1) is 23.9 Å². The van der Waals surface area contributed by atoms with Gasteiger partial charge in [0.1, 0.15) is 11.6 Å². The van der Waals surface area contributed by atoms with Gasteiger partial charge in [-0.1, -0.05) is 26.8 Å². The lowest BCUT2D eigenvalue weighted by molar-refractivity contribution is 0.0981. The van der Waals surface area contributed by atoms with Gasteiger partial charge in [-0.05, 0) is 75.4 Å². The molecule has 4 bridgehead atoms. The quantitative estimate of drug-likeness (QED) is 0.367. The number of fused-ring (bicyclic) bond motifs is 6. The number of nitrogens with zero attached hydrogens (tertiary/aromatic N) is 5. The van der Waals surface area contributed by atoms with Crippen molar-refractivity contribution >= 4 is 45.7 Å². The summed E-state index contributed by atoms with van der Waals surface area (Å²) in [4.78, 5) is 32.1. The van der Waals surface area contributed by atoms with Crippen LogP contribution >= 0.6 is 12.4 Å². The van der Waals surface area contributed by atoms with Crippen LogP contribution < -0.4 is 19.8 Å². The Bertz CT molecular complexity index is 1660. The maximum Gasteiger partial charge on any atom is 0.281 e. The first-order valence-electron chi connectivity index (χ1n) is 15.4. The lowest BCUT2D eigenvalue weighted by Crippen LogP contribution is -2.41. The summed E-state index contributed by atoms with van der Waals surface area (Å²) >= 11 is 0. The number of ether oxygens (including phenoxy) is 1. The molecular formula is C33H46ClN7O4S. The number of sulfonamides is 1. The number of aromatic nitrogens is 3. The average Bonchev–Trinajstić information content (AvgIpc) is 3.30. The Kier molecular flexibility index (Phi) is 10.5. The Labute approximate surface area is 279 Å². The molecule has 3 aromatic heterocycles. The summed E-state index contributed by atoms with van der Waals surface area (Å²) in [6.07, 6.45) is 4.30. The molecule has 0 saturated carbocycles. The largest absolute Gasteiger partial charge is 0.383 e. The zero-order valence-corrected chi connectivity index (χ0v) is 29.3. The number of amides is 1. The van der Waals surface area contributed by atoms with Gasteiger partial charge in [0, 0.05) is 55.8 Å². The highest BCUT2D eigenvalue weighted by Crippen LogP contribution is 2.41. The zero-order valence-electron chi connectivity index (χ0n) is 27.7. The predicted molar refractivity (Wildman–Crippen MR) is 184 cm³/mol. The number of nitrogens with one attached hydrogen (secondary N) is 2. The number of pyridine rings is 3. The minimum atomic E-state index is -4.29. The Hall–Kier alpha value is -3.48. The molecule has 1 unspecified atom stereocenters. The van der Waals surface area contributed by atoms with Crippen molar-refractivity contribution in [3.63, 3.8) is 0 Å². The highest BCUT2D eigenvalue weighted by Gasteiger charge is 2.41. The van der Waals surface area contributed by atoms with Gasteiger partial charge in [-0.3, -0.25) is 9.78 Å². The van der Waals surface area contributed by atoms with E-state index in [1.807, 2.05) is 13.1 Å². The van der Waals surface area contributed by atoms with E-state index in [9.17, 15) is 13.2 Å². The first-order chi connectivity index (χ1) is 21.2. The van der Waals surface area contributed by atoms with Gasteiger partial charge in [-0.15, -0.1) is 12.4 Å². The zero-order chi connectivity index (χ0) is 32.6. The van der Waals surface area contributed by atoms with Crippen LogP contribution in [0.1, 0.15) is 81.7 Å². The van der Waals surface area contributed by atoms with Gasteiger partial charge >= 0.3 is 0 Å². The summed E-state index contributed by atoms with van der Waals surface area (Å²) in [6, 6.07) is 12.0. The summed E-state index contributed by atoms with van der Waals surface area (Å²) in [5, 5.41) is 3.21. The van der Waals surface area contributed by atoms with Gasteiger partial charge in [0.25, 0.3) is 15.9 Å². The van der Waals surface area contributed by atoms with Crippen molar-refractivity contribution in [2.45, 2.75) is 75.9 Å². The van der Waals surface area contributed by atoms with Crippen molar-refractivity contribution < 1.29 is 17.9 Å². The van der Waals surface area contributed by atoms with E-state index in [0.717, 1.165) is 42.9 Å². The van der Waals surface area contributed by atoms with Crippen LogP contribution in [0.25, 0.3) is 0 Å². The highest BCUT2D eigenvalue weighted by molar-refractivity contribution is 7.90. The Morgan fingerprint density at radius 3 is 2.59 bits per heavy atom. The molecule has 11 nitrogen and oxygen atoms in total. The maximum atomic E-state index is 13.7. The first-order valence-corrected chi connectivity index (χ1v) is 16.9. The monoisotopic (exact) mass is 671 g/mol. The molecule has 0 radical (unpaired) electrons. The van der Waals surface area contributed by atoms with Gasteiger partial charge in [0.15, 0.2) is 5.03 Å². The molecule has 46 heavy (non-hydrogen) atoms. The van der Waals surface area contributed by atoms with E-state index in [1.54, 1.807) is 37.6 Å². The number of carbonyl (C=O) groups is 1. The topological polar surface area (TPSA) is 130 Å². The molecule has 2 N–H and O–H groups in total. The lowest BCUT2D eigenvalue weighted by atomic mass is 9.90. The molecule has 0 aromatic carbocycles. The number of rotatable bonds is 5. The molecule has 2 aliphatic rings. The van der Waals surface area contributed by atoms with E-state index < -0.39 is 15.9 Å². The van der Waals surface area contributed by atoms with E-state index in [1.165, 1.54) is 6.07 Å². The fourth-order valence-corrected chi connectivity index (χ4v) is 7.11. The lowest BCUT2D eigenvalue weighted by Gasteiger charge is -2.34. The number of carbonyl (C=O) groups excluding carboxylic acids is 1. The van der Waals surface area contributed by atoms with Gasteiger partial charge in [-0.2, -0.15) is 8.42 Å². The van der Waals surface area contributed by atoms with Crippen LogP contribution in [0.5, 0.6) is 0 Å². The number of hydrogen-bond donors (Lipinski definition) is 2. The van der Waals surface area contributed by atoms with Crippen molar-refractivity contribution in [2.24, 2.45) is 5.92 Å². The Morgan fingerprint density at radius 1 is 1.11 bits per heavy atom. The smallest absolute Gasteiger partial charge is 0.281 e. The van der Waals surface area contributed by atoms with E-state index in [2.05, 4.69) is 65.5 Å². The average molecular weight is 672 g/mol. The maximum absolute atomic E-state index is 13.7. The number of hydrogen-bond acceptors (Lipinski definition) is 10. The fraction of sp³-hybridized carbons (Fsp3) is 0.515. The molecule has 2 aliphatic heterocycles. The highest BCUT2D eigenvalue weighted by atomic mass is 35.5. The minimum absolute atomic E-state index is 0. The summed E-state index contributed by atoms with van der Waals surface area (Å²) in [7, 11) is -0.596. The third-order valence-electron chi connectivity index (χ3n) is 8.71. The summed E-state index contributed by atoms with van der Waals surface area (Å²) < 4.78 is 34.5. The van der Waals surface area contributed by atoms with Crippen molar-refractivity contribution in [1.29, 1.82) is 0 Å². The molecule has 3 aromatic rings. The summed E-state index contributed by atoms with van der Waals surface area (Å²) in [6.45, 7) is 12.5. The van der Waals surface area contributed by atoms with Crippen LogP contribution in [0, 0.1) is 5.92 Å². The SMILES string of the molecule is COCCN(C)c1ccnc(C2CC[C@@H]3CN(c4nc(C(C)(C)C)ccc4C(=O)NS(=O)(=O)c4cccc(n4)N2)C(C)(C)C3)c1.Cl. The number of anilines is 3. The third-order valence-corrected chi connectivity index (χ3v) is 9.94. The van der Waals surface area contributed by atoms with Crippen LogP contribution in [0.4, 0.5) is 17.3 Å². The second-order valence-corrected chi connectivity index (χ2v) is 15.4. The van der Waals surface area contributed by atoms with Gasteiger partial charge in [0.2, 0.25) is 0 Å². The Morgan fingerprint density at radius 2 is 1.87 bits per heavy atom. The van der Waals surface area contributed by atoms with Crippen molar-refractivity contribution in [3.05, 3.63) is 65.6 Å². The van der Waals surface area contributed by atoms with Crippen LogP contribution in [-0.2, 0) is 20.2 Å². The Balaban J connectivity index is 0.00000480. The van der Waals surface area contributed by atoms with E-state index in [-0.39, 0.29) is 40.0 Å². The van der Waals surface area contributed by atoms with Gasteiger partial charge in [-0.25, -0.2) is 14.7 Å². The molecule has 1 amide bonds. The molecule has 250 valence electrons. The summed E-state index contributed by atoms with van der Waals surface area (Å²) in [5.41, 5.74) is 2.32.